The SMILES string of the molecule is CC(C)(C)OC(=O)[N+]1(C(=O)OCc2ccccc2)CCC[C@H]1C=O. The summed E-state index contributed by atoms with van der Waals surface area (Å²) in [6, 6.07) is 8.43. The summed E-state index contributed by atoms with van der Waals surface area (Å²) in [6.45, 7) is 5.44. The quantitative estimate of drug-likeness (QED) is 0.625. The zero-order valence-electron chi connectivity index (χ0n) is 14.4. The lowest BCUT2D eigenvalue weighted by Gasteiger charge is -2.32. The molecule has 6 heteroatoms. The van der Waals surface area contributed by atoms with Gasteiger partial charge in [0, 0.05) is 12.8 Å². The minimum absolute atomic E-state index is 0.0497. The van der Waals surface area contributed by atoms with Crippen molar-refractivity contribution < 1.29 is 28.3 Å². The van der Waals surface area contributed by atoms with Gasteiger partial charge < -0.3 is 9.47 Å². The van der Waals surface area contributed by atoms with E-state index >= 15 is 0 Å². The highest BCUT2D eigenvalue weighted by Crippen LogP contribution is 2.31. The molecular formula is C18H24NO5+. The summed E-state index contributed by atoms with van der Waals surface area (Å²) in [5.41, 5.74) is 0.0629. The summed E-state index contributed by atoms with van der Waals surface area (Å²) >= 11 is 0. The van der Waals surface area contributed by atoms with Gasteiger partial charge in [-0.1, -0.05) is 30.3 Å². The molecule has 1 aromatic rings. The zero-order valence-corrected chi connectivity index (χ0v) is 14.4. The second-order valence-corrected chi connectivity index (χ2v) is 6.96. The van der Waals surface area contributed by atoms with Crippen LogP contribution in [-0.4, -0.2) is 41.1 Å². The van der Waals surface area contributed by atoms with Crippen LogP contribution >= 0.6 is 0 Å². The first-order chi connectivity index (χ1) is 11.3. The number of amides is 2. The van der Waals surface area contributed by atoms with Crippen LogP contribution in [0, 0.1) is 0 Å². The van der Waals surface area contributed by atoms with Gasteiger partial charge in [0.05, 0.1) is 0 Å². The summed E-state index contributed by atoms with van der Waals surface area (Å²) in [5.74, 6) is 0. The van der Waals surface area contributed by atoms with Gasteiger partial charge in [-0.2, -0.15) is 9.59 Å². The topological polar surface area (TPSA) is 69.7 Å². The molecule has 0 N–H and O–H groups in total. The molecule has 1 aliphatic heterocycles. The molecule has 130 valence electrons. The van der Waals surface area contributed by atoms with Gasteiger partial charge in [0.2, 0.25) is 0 Å². The molecule has 2 atom stereocenters. The van der Waals surface area contributed by atoms with Crippen LogP contribution in [0.1, 0.15) is 39.2 Å². The van der Waals surface area contributed by atoms with Gasteiger partial charge in [-0.15, -0.1) is 4.48 Å². The standard InChI is InChI=1S/C18H24NO5/c1-18(2,3)24-17(22)19(11-7-10-15(19)12-20)16(21)23-13-14-8-5-4-6-9-14/h4-6,8-9,12,15H,7,10-11,13H2,1-3H3/q+1/t15-,19?/m0/s1. The number of imide groups is 1. The van der Waals surface area contributed by atoms with Crippen LogP contribution in [0.5, 0.6) is 0 Å². The molecule has 0 aromatic heterocycles. The Balaban J connectivity index is 2.21. The maximum atomic E-state index is 12.7. The lowest BCUT2D eigenvalue weighted by atomic mass is 10.2. The highest BCUT2D eigenvalue weighted by Gasteiger charge is 2.58. The molecule has 0 aliphatic carbocycles. The third-order valence-electron chi connectivity index (χ3n) is 3.98. The molecule has 2 rings (SSSR count). The Bertz CT molecular complexity index is 608. The van der Waals surface area contributed by atoms with Gasteiger partial charge in [0.1, 0.15) is 18.8 Å². The van der Waals surface area contributed by atoms with Gasteiger partial charge in [-0.05, 0) is 26.3 Å². The number of hydrogen-bond donors (Lipinski definition) is 0. The molecule has 1 fully saturated rings. The zero-order chi connectivity index (χ0) is 17.8. The number of rotatable bonds is 3. The highest BCUT2D eigenvalue weighted by atomic mass is 16.6. The lowest BCUT2D eigenvalue weighted by molar-refractivity contribution is -0.788. The van der Waals surface area contributed by atoms with Crippen molar-refractivity contribution in [2.75, 3.05) is 6.54 Å². The Morgan fingerprint density at radius 1 is 1.21 bits per heavy atom. The molecule has 1 heterocycles. The summed E-state index contributed by atoms with van der Waals surface area (Å²) in [7, 11) is 0. The number of hydrogen-bond acceptors (Lipinski definition) is 5. The monoisotopic (exact) mass is 334 g/mol. The number of likely N-dealkylation sites (tertiary alicyclic amines) is 1. The van der Waals surface area contributed by atoms with Crippen LogP contribution in [0.2, 0.25) is 0 Å². The molecule has 1 aliphatic rings. The Kier molecular flexibility index (Phi) is 5.39. The number of aldehydes is 1. The second kappa shape index (κ2) is 7.13. The Labute approximate surface area is 141 Å². The van der Waals surface area contributed by atoms with E-state index in [2.05, 4.69) is 0 Å². The fraction of sp³-hybridized carbons (Fsp3) is 0.500. The number of ether oxygens (including phenoxy) is 2. The minimum Gasteiger partial charge on any atom is -0.415 e. The highest BCUT2D eigenvalue weighted by molar-refractivity contribution is 5.80. The van der Waals surface area contributed by atoms with Gasteiger partial charge in [0.25, 0.3) is 0 Å². The third-order valence-corrected chi connectivity index (χ3v) is 3.98. The van der Waals surface area contributed by atoms with Gasteiger partial charge in [-0.3, -0.25) is 4.79 Å². The van der Waals surface area contributed by atoms with E-state index in [1.807, 2.05) is 30.3 Å². The summed E-state index contributed by atoms with van der Waals surface area (Å²) < 4.78 is 10.0. The Hall–Kier alpha value is -2.21. The molecule has 1 unspecified atom stereocenters. The van der Waals surface area contributed by atoms with E-state index in [4.69, 9.17) is 9.47 Å². The first kappa shape index (κ1) is 18.1. The van der Waals surface area contributed by atoms with E-state index in [0.717, 1.165) is 5.56 Å². The van der Waals surface area contributed by atoms with Crippen LogP contribution < -0.4 is 0 Å². The van der Waals surface area contributed by atoms with Crippen molar-refractivity contribution in [2.45, 2.75) is 51.9 Å². The predicted octanol–water partition coefficient (Wildman–Crippen LogP) is 3.44. The van der Waals surface area contributed by atoms with E-state index in [-0.39, 0.29) is 13.2 Å². The second-order valence-electron chi connectivity index (χ2n) is 6.96. The van der Waals surface area contributed by atoms with E-state index in [0.29, 0.717) is 19.1 Å². The van der Waals surface area contributed by atoms with E-state index in [1.165, 1.54) is 0 Å². The van der Waals surface area contributed by atoms with E-state index in [9.17, 15) is 14.4 Å². The van der Waals surface area contributed by atoms with Crippen LogP contribution in [0.4, 0.5) is 9.59 Å². The number of carbonyl (C=O) groups excluding carboxylic acids is 3. The molecule has 6 nitrogen and oxygen atoms in total. The average molecular weight is 334 g/mol. The van der Waals surface area contributed by atoms with Crippen molar-refractivity contribution >= 4 is 18.5 Å². The fourth-order valence-electron chi connectivity index (χ4n) is 2.81. The maximum absolute atomic E-state index is 12.7. The van der Waals surface area contributed by atoms with Crippen molar-refractivity contribution in [1.29, 1.82) is 0 Å². The van der Waals surface area contributed by atoms with E-state index in [1.54, 1.807) is 20.8 Å². The Morgan fingerprint density at radius 3 is 2.46 bits per heavy atom. The first-order valence-electron chi connectivity index (χ1n) is 8.07. The van der Waals surface area contributed by atoms with Gasteiger partial charge in [-0.25, -0.2) is 0 Å². The van der Waals surface area contributed by atoms with Crippen LogP contribution in [-0.2, 0) is 20.9 Å². The summed E-state index contributed by atoms with van der Waals surface area (Å²) in [4.78, 5) is 36.9. The number of benzene rings is 1. The largest absolute Gasteiger partial charge is 0.527 e. The van der Waals surface area contributed by atoms with Crippen molar-refractivity contribution in [3.8, 4) is 0 Å². The maximum Gasteiger partial charge on any atom is 0.527 e. The minimum atomic E-state index is -0.761. The van der Waals surface area contributed by atoms with E-state index < -0.39 is 28.3 Å². The fourth-order valence-corrected chi connectivity index (χ4v) is 2.81. The smallest absolute Gasteiger partial charge is 0.415 e. The molecule has 24 heavy (non-hydrogen) atoms. The van der Waals surface area contributed by atoms with Crippen molar-refractivity contribution in [1.82, 2.24) is 0 Å². The predicted molar refractivity (Wildman–Crippen MR) is 87.1 cm³/mol. The Morgan fingerprint density at radius 2 is 1.88 bits per heavy atom. The van der Waals surface area contributed by atoms with Gasteiger partial charge in [0.15, 0.2) is 12.3 Å². The van der Waals surface area contributed by atoms with Crippen molar-refractivity contribution in [3.05, 3.63) is 35.9 Å². The first-order valence-corrected chi connectivity index (χ1v) is 8.07. The number of carbonyl (C=O) groups is 3. The number of nitrogens with zero attached hydrogens (tertiary/aromatic N) is 1. The third kappa shape index (κ3) is 3.82. The summed E-state index contributed by atoms with van der Waals surface area (Å²) in [5, 5.41) is 0. The molecule has 0 bridgehead atoms. The van der Waals surface area contributed by atoms with Crippen LogP contribution in [0.3, 0.4) is 0 Å². The number of quaternary nitrogens is 1. The van der Waals surface area contributed by atoms with Crippen molar-refractivity contribution in [2.24, 2.45) is 0 Å². The molecule has 0 spiro atoms. The van der Waals surface area contributed by atoms with Gasteiger partial charge >= 0.3 is 12.2 Å². The average Bonchev–Trinajstić information content (AvgIpc) is 2.97. The lowest BCUT2D eigenvalue weighted by Crippen LogP contribution is -2.61. The molecule has 1 saturated heterocycles. The molecule has 1 aromatic carbocycles. The van der Waals surface area contributed by atoms with Crippen LogP contribution in [0.25, 0.3) is 0 Å². The van der Waals surface area contributed by atoms with Crippen LogP contribution in [0.15, 0.2) is 30.3 Å². The van der Waals surface area contributed by atoms with Crippen molar-refractivity contribution in [3.63, 3.8) is 0 Å². The summed E-state index contributed by atoms with van der Waals surface area (Å²) in [6.07, 6.45) is 0.241. The molecular weight excluding hydrogens is 310 g/mol. The molecule has 2 amide bonds. The molecule has 0 radical (unpaired) electrons. The normalized spacial score (nSPS) is 23.5. The molecule has 0 saturated carbocycles.